The fourth-order valence-corrected chi connectivity index (χ4v) is 3.55. The van der Waals surface area contributed by atoms with Gasteiger partial charge in [-0.05, 0) is 33.1 Å². The summed E-state index contributed by atoms with van der Waals surface area (Å²) in [6.45, 7) is 12.4. The molecule has 0 aliphatic carbocycles. The summed E-state index contributed by atoms with van der Waals surface area (Å²) < 4.78 is 47.2. The third-order valence-corrected chi connectivity index (χ3v) is 5.50. The van der Waals surface area contributed by atoms with Crippen molar-refractivity contribution < 1.29 is 22.7 Å². The van der Waals surface area contributed by atoms with E-state index in [1.165, 1.54) is 28.9 Å². The number of nitrogens with zero attached hydrogens (tertiary/aromatic N) is 5. The number of hydrogen-bond acceptors (Lipinski definition) is 5. The zero-order chi connectivity index (χ0) is 28.2. The summed E-state index contributed by atoms with van der Waals surface area (Å²) in [6, 6.07) is -0.854. The van der Waals surface area contributed by atoms with E-state index < -0.39 is 23.5 Å². The Bertz CT molecular complexity index is 1130. The molecular formula is C25H33ClF3N5O3. The summed E-state index contributed by atoms with van der Waals surface area (Å²) in [6.07, 6.45) is 2.51. The topological polar surface area (TPSA) is 81.7 Å². The standard InChI is InChI=1S/C25H33ClF3N5O3/c1-7-10-20(25(27,28)29)12-11-18(4)34-23(19(8-2)15-21(26)16-30-5)31-33(24(34)36)17-22(35)32(9-3)13-14-37-6/h7-8,10-12,16,18H,1,5,9,13-15,17H2,2-4,6H3/b12-11-,19-8+,20-10+,21-16+. The molecule has 37 heavy (non-hydrogen) atoms. The van der Waals surface area contributed by atoms with Crippen LogP contribution in [0, 0.1) is 0 Å². The lowest BCUT2D eigenvalue weighted by Crippen LogP contribution is -2.39. The molecule has 1 aromatic heterocycles. The Labute approximate surface area is 219 Å². The molecule has 0 radical (unpaired) electrons. The first-order chi connectivity index (χ1) is 17.4. The van der Waals surface area contributed by atoms with Crippen LogP contribution in [0.5, 0.6) is 0 Å². The van der Waals surface area contributed by atoms with Crippen LogP contribution in [0.3, 0.4) is 0 Å². The van der Waals surface area contributed by atoms with Crippen molar-refractivity contribution in [3.63, 3.8) is 0 Å². The number of carbonyl (C=O) groups is 1. The van der Waals surface area contributed by atoms with Crippen LogP contribution in [0.15, 0.2) is 63.6 Å². The summed E-state index contributed by atoms with van der Waals surface area (Å²) in [5.74, 6) is -0.195. The van der Waals surface area contributed by atoms with Crippen LogP contribution in [0.2, 0.25) is 0 Å². The van der Waals surface area contributed by atoms with E-state index in [4.69, 9.17) is 16.3 Å². The number of hydrogen-bond donors (Lipinski definition) is 0. The van der Waals surface area contributed by atoms with Crippen LogP contribution >= 0.6 is 11.6 Å². The maximum atomic E-state index is 13.4. The fourth-order valence-electron chi connectivity index (χ4n) is 3.34. The van der Waals surface area contributed by atoms with Gasteiger partial charge in [-0.25, -0.2) is 9.48 Å². The second-order valence-corrected chi connectivity index (χ2v) is 8.29. The Hall–Kier alpha value is -3.18. The van der Waals surface area contributed by atoms with E-state index in [9.17, 15) is 22.8 Å². The predicted molar refractivity (Wildman–Crippen MR) is 141 cm³/mol. The van der Waals surface area contributed by atoms with Gasteiger partial charge in [-0.2, -0.15) is 13.2 Å². The third kappa shape index (κ3) is 9.32. The number of halogens is 4. The lowest BCUT2D eigenvalue weighted by molar-refractivity contribution is -0.132. The van der Waals surface area contributed by atoms with E-state index in [1.807, 2.05) is 0 Å². The number of ether oxygens (including phenoxy) is 1. The fraction of sp³-hybridized carbons (Fsp3) is 0.440. The maximum Gasteiger partial charge on any atom is 0.416 e. The minimum atomic E-state index is -4.61. The highest BCUT2D eigenvalue weighted by atomic mass is 35.5. The Morgan fingerprint density at radius 2 is 2.05 bits per heavy atom. The van der Waals surface area contributed by atoms with Crippen molar-refractivity contribution >= 4 is 29.8 Å². The lowest BCUT2D eigenvalue weighted by atomic mass is 10.1. The average Bonchev–Trinajstić information content (AvgIpc) is 3.15. The summed E-state index contributed by atoms with van der Waals surface area (Å²) in [4.78, 5) is 31.3. The van der Waals surface area contributed by atoms with Gasteiger partial charge >= 0.3 is 11.9 Å². The quantitative estimate of drug-likeness (QED) is 0.247. The molecule has 0 spiro atoms. The molecule has 1 aromatic rings. The Morgan fingerprint density at radius 3 is 2.57 bits per heavy atom. The third-order valence-electron chi connectivity index (χ3n) is 5.27. The number of amides is 1. The summed E-state index contributed by atoms with van der Waals surface area (Å²) >= 11 is 6.20. The molecule has 0 N–H and O–H groups in total. The van der Waals surface area contributed by atoms with Crippen LogP contribution in [0.1, 0.15) is 39.1 Å². The van der Waals surface area contributed by atoms with Gasteiger partial charge in [0.25, 0.3) is 0 Å². The van der Waals surface area contributed by atoms with Crippen molar-refractivity contribution in [1.82, 2.24) is 19.2 Å². The number of likely N-dealkylation sites (N-methyl/N-ethyl adjacent to an activating group) is 1. The van der Waals surface area contributed by atoms with E-state index in [2.05, 4.69) is 23.4 Å². The van der Waals surface area contributed by atoms with Gasteiger partial charge in [0.2, 0.25) is 5.91 Å². The molecule has 204 valence electrons. The molecule has 0 fully saturated rings. The van der Waals surface area contributed by atoms with Gasteiger partial charge in [-0.1, -0.05) is 48.6 Å². The molecule has 1 rings (SSSR count). The molecule has 12 heteroatoms. The minimum Gasteiger partial charge on any atom is -0.383 e. The van der Waals surface area contributed by atoms with Crippen LogP contribution < -0.4 is 5.69 Å². The molecule has 8 nitrogen and oxygen atoms in total. The van der Waals surface area contributed by atoms with Gasteiger partial charge in [-0.3, -0.25) is 14.4 Å². The molecule has 0 bridgehead atoms. The largest absolute Gasteiger partial charge is 0.416 e. The number of methoxy groups -OCH3 is 1. The van der Waals surface area contributed by atoms with Crippen molar-refractivity contribution in [1.29, 1.82) is 0 Å². The smallest absolute Gasteiger partial charge is 0.383 e. The van der Waals surface area contributed by atoms with E-state index in [-0.39, 0.29) is 24.7 Å². The highest BCUT2D eigenvalue weighted by Crippen LogP contribution is 2.28. The maximum absolute atomic E-state index is 13.4. The van der Waals surface area contributed by atoms with Gasteiger partial charge in [-0.15, -0.1) is 5.10 Å². The monoisotopic (exact) mass is 543 g/mol. The van der Waals surface area contributed by atoms with E-state index in [0.29, 0.717) is 30.3 Å². The Balaban J connectivity index is 3.59. The van der Waals surface area contributed by atoms with Crippen molar-refractivity contribution in [2.24, 2.45) is 4.99 Å². The highest BCUT2D eigenvalue weighted by molar-refractivity contribution is 6.30. The first-order valence-corrected chi connectivity index (χ1v) is 11.8. The Kier molecular flexibility index (Phi) is 13.0. The number of rotatable bonds is 14. The molecule has 0 saturated carbocycles. The summed E-state index contributed by atoms with van der Waals surface area (Å²) in [5.41, 5.74) is -1.08. The first kappa shape index (κ1) is 31.8. The van der Waals surface area contributed by atoms with Gasteiger partial charge in [0.15, 0.2) is 5.82 Å². The zero-order valence-electron chi connectivity index (χ0n) is 21.5. The molecule has 1 unspecified atom stereocenters. The molecule has 0 saturated heterocycles. The average molecular weight is 544 g/mol. The number of allylic oxidation sites excluding steroid dienone is 8. The van der Waals surface area contributed by atoms with E-state index in [0.717, 1.165) is 22.9 Å². The van der Waals surface area contributed by atoms with Crippen molar-refractivity contribution in [3.05, 3.63) is 70.1 Å². The van der Waals surface area contributed by atoms with Gasteiger partial charge < -0.3 is 9.64 Å². The van der Waals surface area contributed by atoms with Crippen LogP contribution in [0.4, 0.5) is 13.2 Å². The van der Waals surface area contributed by atoms with Crippen molar-refractivity contribution in [3.8, 4) is 0 Å². The van der Waals surface area contributed by atoms with Crippen molar-refractivity contribution in [2.75, 3.05) is 26.8 Å². The molecule has 1 amide bonds. The van der Waals surface area contributed by atoms with Gasteiger partial charge in [0.05, 0.1) is 18.2 Å². The highest BCUT2D eigenvalue weighted by Gasteiger charge is 2.31. The predicted octanol–water partition coefficient (Wildman–Crippen LogP) is 4.91. The second-order valence-electron chi connectivity index (χ2n) is 7.80. The molecule has 0 aliphatic heterocycles. The SMILES string of the molecule is C=C/C=C(\C=C/C(C)n1c(/C(=C/C)C/C(Cl)=C\N=C)nn(CC(=O)N(CC)CCOC)c1=O)C(F)(F)F. The Morgan fingerprint density at radius 1 is 1.38 bits per heavy atom. The molecular weight excluding hydrogens is 511 g/mol. The lowest BCUT2D eigenvalue weighted by Gasteiger charge is -2.19. The first-order valence-electron chi connectivity index (χ1n) is 11.4. The second kappa shape index (κ2) is 15.2. The molecule has 1 heterocycles. The van der Waals surface area contributed by atoms with Crippen LogP contribution in [-0.4, -0.2) is 64.9 Å². The minimum absolute atomic E-state index is 0.136. The van der Waals surface area contributed by atoms with Crippen molar-refractivity contribution in [2.45, 2.75) is 46.0 Å². The number of carbonyl (C=O) groups excluding carboxylic acids is 1. The van der Waals surface area contributed by atoms with Gasteiger partial charge in [0.1, 0.15) is 6.54 Å². The number of aliphatic imine (C=N–C) groups is 1. The van der Waals surface area contributed by atoms with E-state index >= 15 is 0 Å². The zero-order valence-corrected chi connectivity index (χ0v) is 22.2. The number of alkyl halides is 3. The number of aromatic nitrogens is 3. The molecule has 0 aromatic carbocycles. The van der Waals surface area contributed by atoms with Crippen LogP contribution in [0.25, 0.3) is 5.57 Å². The normalized spacial score (nSPS) is 14.2. The molecule has 0 aliphatic rings. The summed E-state index contributed by atoms with van der Waals surface area (Å²) in [5, 5.41) is 4.67. The molecule has 1 atom stereocenters. The van der Waals surface area contributed by atoms with E-state index in [1.54, 1.807) is 26.8 Å². The van der Waals surface area contributed by atoms with Gasteiger partial charge in [0, 0.05) is 37.9 Å². The summed E-state index contributed by atoms with van der Waals surface area (Å²) in [7, 11) is 1.51. The van der Waals surface area contributed by atoms with Crippen LogP contribution in [-0.2, 0) is 16.1 Å².